The number of carbonyl (C=O) groups excluding carboxylic acids is 1. The minimum absolute atomic E-state index is 0.0896. The molecule has 1 aromatic carbocycles. The first-order chi connectivity index (χ1) is 8.63. The van der Waals surface area contributed by atoms with E-state index in [4.69, 9.17) is 4.74 Å². The van der Waals surface area contributed by atoms with Crippen molar-refractivity contribution in [3.8, 4) is 5.75 Å². The van der Waals surface area contributed by atoms with Crippen molar-refractivity contribution in [1.82, 2.24) is 5.32 Å². The second kappa shape index (κ2) is 5.40. The summed E-state index contributed by atoms with van der Waals surface area (Å²) in [4.78, 5) is 12.1. The van der Waals surface area contributed by atoms with E-state index < -0.39 is 0 Å². The van der Waals surface area contributed by atoms with Gasteiger partial charge in [0, 0.05) is 12.2 Å². The summed E-state index contributed by atoms with van der Waals surface area (Å²) in [5, 5.41) is 6.21. The van der Waals surface area contributed by atoms with E-state index in [0.29, 0.717) is 0 Å². The van der Waals surface area contributed by atoms with Gasteiger partial charge in [-0.05, 0) is 50.1 Å². The van der Waals surface area contributed by atoms with Gasteiger partial charge in [0.05, 0.1) is 13.0 Å². The summed E-state index contributed by atoms with van der Waals surface area (Å²) in [6.45, 7) is 5.71. The highest BCUT2D eigenvalue weighted by Crippen LogP contribution is 2.27. The Bertz CT molecular complexity index is 451. The molecule has 2 rings (SSSR count). The first kappa shape index (κ1) is 12.9. The van der Waals surface area contributed by atoms with Crippen LogP contribution < -0.4 is 15.4 Å². The summed E-state index contributed by atoms with van der Waals surface area (Å²) < 4.78 is 5.26. The molecule has 0 aromatic heterocycles. The van der Waals surface area contributed by atoms with Crippen molar-refractivity contribution in [3.05, 3.63) is 23.3 Å². The van der Waals surface area contributed by atoms with E-state index in [9.17, 15) is 4.79 Å². The lowest BCUT2D eigenvalue weighted by Crippen LogP contribution is -2.25. The number of carbonyl (C=O) groups is 1. The molecule has 1 saturated heterocycles. The number of anilines is 1. The number of ether oxygens (including phenoxy) is 1. The molecule has 0 radical (unpaired) electrons. The molecule has 2 N–H and O–H groups in total. The molecule has 1 atom stereocenters. The molecular weight excluding hydrogens is 228 g/mol. The van der Waals surface area contributed by atoms with Gasteiger partial charge in [-0.1, -0.05) is 0 Å². The highest BCUT2D eigenvalue weighted by molar-refractivity contribution is 5.93. The van der Waals surface area contributed by atoms with E-state index in [-0.39, 0.29) is 11.8 Å². The summed E-state index contributed by atoms with van der Waals surface area (Å²) in [6.07, 6.45) is 0.917. The van der Waals surface area contributed by atoms with Gasteiger partial charge in [-0.15, -0.1) is 0 Å². The Morgan fingerprint density at radius 2 is 2.17 bits per heavy atom. The van der Waals surface area contributed by atoms with E-state index in [2.05, 4.69) is 10.6 Å². The zero-order valence-electron chi connectivity index (χ0n) is 11.2. The predicted octanol–water partition coefficient (Wildman–Crippen LogP) is 1.86. The summed E-state index contributed by atoms with van der Waals surface area (Å²) in [6, 6.07) is 3.80. The van der Waals surface area contributed by atoms with Gasteiger partial charge in [-0.25, -0.2) is 0 Å². The predicted molar refractivity (Wildman–Crippen MR) is 72.1 cm³/mol. The molecule has 4 heteroatoms. The van der Waals surface area contributed by atoms with Gasteiger partial charge in [0.2, 0.25) is 5.91 Å². The number of rotatable bonds is 3. The lowest BCUT2D eigenvalue weighted by atomic mass is 10.0. The first-order valence-electron chi connectivity index (χ1n) is 6.29. The van der Waals surface area contributed by atoms with Crippen LogP contribution in [-0.2, 0) is 4.79 Å². The van der Waals surface area contributed by atoms with Gasteiger partial charge in [0.15, 0.2) is 0 Å². The summed E-state index contributed by atoms with van der Waals surface area (Å²) in [7, 11) is 1.66. The average molecular weight is 248 g/mol. The fourth-order valence-electron chi connectivity index (χ4n) is 2.27. The van der Waals surface area contributed by atoms with Crippen molar-refractivity contribution < 1.29 is 9.53 Å². The van der Waals surface area contributed by atoms with Crippen LogP contribution in [0.1, 0.15) is 17.5 Å². The van der Waals surface area contributed by atoms with Crippen LogP contribution in [0.4, 0.5) is 5.69 Å². The normalized spacial score (nSPS) is 18.7. The monoisotopic (exact) mass is 248 g/mol. The van der Waals surface area contributed by atoms with Gasteiger partial charge >= 0.3 is 0 Å². The third-order valence-corrected chi connectivity index (χ3v) is 3.65. The van der Waals surface area contributed by atoms with Crippen molar-refractivity contribution in [2.75, 3.05) is 25.5 Å². The molecule has 1 fully saturated rings. The summed E-state index contributed by atoms with van der Waals surface area (Å²) >= 11 is 0. The lowest BCUT2D eigenvalue weighted by molar-refractivity contribution is -0.119. The van der Waals surface area contributed by atoms with Crippen molar-refractivity contribution in [2.45, 2.75) is 20.3 Å². The Labute approximate surface area is 108 Å². The minimum atomic E-state index is 0.0896. The Balaban J connectivity index is 2.14. The molecule has 1 heterocycles. The van der Waals surface area contributed by atoms with Crippen molar-refractivity contribution in [2.24, 2.45) is 5.92 Å². The highest BCUT2D eigenvalue weighted by Gasteiger charge is 2.22. The number of amides is 1. The van der Waals surface area contributed by atoms with Crippen molar-refractivity contribution in [1.29, 1.82) is 0 Å². The van der Waals surface area contributed by atoms with Crippen LogP contribution in [0.5, 0.6) is 5.75 Å². The van der Waals surface area contributed by atoms with Crippen molar-refractivity contribution >= 4 is 11.6 Å². The fraction of sp³-hybridized carbons (Fsp3) is 0.500. The quantitative estimate of drug-likeness (QED) is 0.858. The van der Waals surface area contributed by atoms with Crippen LogP contribution in [-0.4, -0.2) is 26.1 Å². The maximum Gasteiger partial charge on any atom is 0.228 e. The highest BCUT2D eigenvalue weighted by atomic mass is 16.5. The number of hydrogen-bond donors (Lipinski definition) is 2. The van der Waals surface area contributed by atoms with Crippen LogP contribution in [0, 0.1) is 19.8 Å². The van der Waals surface area contributed by atoms with Crippen LogP contribution in [0.15, 0.2) is 12.1 Å². The zero-order chi connectivity index (χ0) is 13.1. The van der Waals surface area contributed by atoms with Crippen LogP contribution >= 0.6 is 0 Å². The molecule has 4 nitrogen and oxygen atoms in total. The standard InChI is InChI=1S/C14H20N2O2/c1-9-10(2)13(18-3)5-4-12(9)16-14(17)11-6-7-15-8-11/h4-5,11,15H,6-8H2,1-3H3,(H,16,17). The van der Waals surface area contributed by atoms with E-state index in [1.807, 2.05) is 26.0 Å². The number of benzene rings is 1. The van der Waals surface area contributed by atoms with Crippen molar-refractivity contribution in [3.63, 3.8) is 0 Å². The van der Waals surface area contributed by atoms with Gasteiger partial charge in [0.25, 0.3) is 0 Å². The summed E-state index contributed by atoms with van der Waals surface area (Å²) in [5.41, 5.74) is 3.01. The maximum absolute atomic E-state index is 12.1. The lowest BCUT2D eigenvalue weighted by Gasteiger charge is -2.15. The molecule has 0 bridgehead atoms. The zero-order valence-corrected chi connectivity index (χ0v) is 11.2. The number of nitrogens with one attached hydrogen (secondary N) is 2. The van der Waals surface area contributed by atoms with Crippen LogP contribution in [0.2, 0.25) is 0 Å². The maximum atomic E-state index is 12.1. The van der Waals surface area contributed by atoms with E-state index in [1.54, 1.807) is 7.11 Å². The Hall–Kier alpha value is -1.55. The van der Waals surface area contributed by atoms with Gasteiger partial charge < -0.3 is 15.4 Å². The molecule has 0 aliphatic carbocycles. The molecule has 1 amide bonds. The third-order valence-electron chi connectivity index (χ3n) is 3.65. The first-order valence-corrected chi connectivity index (χ1v) is 6.29. The van der Waals surface area contributed by atoms with Gasteiger partial charge in [0.1, 0.15) is 5.75 Å². The topological polar surface area (TPSA) is 50.4 Å². The Morgan fingerprint density at radius 3 is 2.78 bits per heavy atom. The van der Waals surface area contributed by atoms with Crippen LogP contribution in [0.3, 0.4) is 0 Å². The molecule has 1 aliphatic rings. The van der Waals surface area contributed by atoms with Gasteiger partial charge in [-0.3, -0.25) is 4.79 Å². The molecule has 1 unspecified atom stereocenters. The SMILES string of the molecule is COc1ccc(NC(=O)C2CCNC2)c(C)c1C. The molecule has 1 aliphatic heterocycles. The second-order valence-electron chi connectivity index (χ2n) is 4.74. The van der Waals surface area contributed by atoms with Crippen LogP contribution in [0.25, 0.3) is 0 Å². The number of methoxy groups -OCH3 is 1. The smallest absolute Gasteiger partial charge is 0.228 e. The molecule has 0 spiro atoms. The molecule has 98 valence electrons. The Kier molecular flexibility index (Phi) is 3.87. The molecule has 18 heavy (non-hydrogen) atoms. The Morgan fingerprint density at radius 1 is 1.39 bits per heavy atom. The van der Waals surface area contributed by atoms with Gasteiger partial charge in [-0.2, -0.15) is 0 Å². The largest absolute Gasteiger partial charge is 0.496 e. The minimum Gasteiger partial charge on any atom is -0.496 e. The summed E-state index contributed by atoms with van der Waals surface area (Å²) in [5.74, 6) is 1.05. The molecular formula is C14H20N2O2. The number of hydrogen-bond acceptors (Lipinski definition) is 3. The molecule has 0 saturated carbocycles. The van der Waals surface area contributed by atoms with E-state index in [1.165, 1.54) is 0 Å². The van der Waals surface area contributed by atoms with E-state index in [0.717, 1.165) is 42.1 Å². The fourth-order valence-corrected chi connectivity index (χ4v) is 2.27. The average Bonchev–Trinajstić information content (AvgIpc) is 2.89. The molecule has 1 aromatic rings. The third kappa shape index (κ3) is 2.48. The second-order valence-corrected chi connectivity index (χ2v) is 4.74. The van der Waals surface area contributed by atoms with E-state index >= 15 is 0 Å².